The van der Waals surface area contributed by atoms with Gasteiger partial charge in [0.1, 0.15) is 11.8 Å². The van der Waals surface area contributed by atoms with Crippen LogP contribution < -0.4 is 10.6 Å². The predicted molar refractivity (Wildman–Crippen MR) is 124 cm³/mol. The molecule has 3 aromatic heterocycles. The Morgan fingerprint density at radius 3 is 2.82 bits per heavy atom. The van der Waals surface area contributed by atoms with Gasteiger partial charge in [-0.25, -0.2) is 19.0 Å². The van der Waals surface area contributed by atoms with Gasteiger partial charge in [-0.05, 0) is 37.5 Å². The average molecular weight is 460 g/mol. The van der Waals surface area contributed by atoms with E-state index in [0.717, 1.165) is 47.5 Å². The number of nitrogens with zero attached hydrogens (tertiary/aromatic N) is 7. The summed E-state index contributed by atoms with van der Waals surface area (Å²) in [4.78, 5) is 18.2. The number of hydrogen-bond acceptors (Lipinski definition) is 8. The lowest BCUT2D eigenvalue weighted by Gasteiger charge is -2.26. The molecule has 0 saturated carbocycles. The Morgan fingerprint density at radius 1 is 1.09 bits per heavy atom. The summed E-state index contributed by atoms with van der Waals surface area (Å²) in [7, 11) is 0. The third kappa shape index (κ3) is 3.45. The Morgan fingerprint density at radius 2 is 1.97 bits per heavy atom. The van der Waals surface area contributed by atoms with Crippen molar-refractivity contribution in [2.75, 3.05) is 37.0 Å². The van der Waals surface area contributed by atoms with Crippen LogP contribution in [0.2, 0.25) is 0 Å². The second kappa shape index (κ2) is 8.41. The molecule has 0 aliphatic carbocycles. The fraction of sp³-hybridized carbons (Fsp3) is 0.348. The molecule has 0 atom stereocenters. The smallest absolute Gasteiger partial charge is 0.414 e. The minimum Gasteiger partial charge on any atom is -0.449 e. The number of nitrogen functional groups attached to an aromatic ring is 1. The number of hydrogen-bond donors (Lipinski definition) is 1. The molecule has 11 nitrogen and oxygen atoms in total. The van der Waals surface area contributed by atoms with Gasteiger partial charge in [0.15, 0.2) is 5.82 Å². The van der Waals surface area contributed by atoms with Gasteiger partial charge in [-0.3, -0.25) is 4.90 Å². The van der Waals surface area contributed by atoms with Crippen molar-refractivity contribution in [1.82, 2.24) is 29.6 Å². The van der Waals surface area contributed by atoms with Crippen molar-refractivity contribution in [3.05, 3.63) is 42.9 Å². The molecule has 6 rings (SSSR count). The fourth-order valence-electron chi connectivity index (χ4n) is 4.72. The minimum atomic E-state index is -0.331. The summed E-state index contributed by atoms with van der Waals surface area (Å²) in [5.41, 5.74) is 11.2. The summed E-state index contributed by atoms with van der Waals surface area (Å²) >= 11 is 0. The summed E-state index contributed by atoms with van der Waals surface area (Å²) in [5.74, 6) is 0.367. The van der Waals surface area contributed by atoms with Gasteiger partial charge in [-0.1, -0.05) is 17.3 Å². The Kier molecular flexibility index (Phi) is 5.10. The molecule has 11 heteroatoms. The maximum absolute atomic E-state index is 12.3. The van der Waals surface area contributed by atoms with E-state index in [2.05, 4.69) is 20.4 Å². The number of fused-ring (bicyclic) bond motifs is 1. The van der Waals surface area contributed by atoms with E-state index < -0.39 is 0 Å². The summed E-state index contributed by atoms with van der Waals surface area (Å²) < 4.78 is 14.5. The van der Waals surface area contributed by atoms with Gasteiger partial charge < -0.3 is 15.2 Å². The zero-order valence-electron chi connectivity index (χ0n) is 18.5. The lowest BCUT2D eigenvalue weighted by Crippen LogP contribution is -2.37. The van der Waals surface area contributed by atoms with Crippen LogP contribution in [0.3, 0.4) is 0 Å². The molecule has 0 bridgehead atoms. The van der Waals surface area contributed by atoms with E-state index in [1.54, 1.807) is 15.6 Å². The second-order valence-electron chi connectivity index (χ2n) is 8.43. The number of anilines is 2. The maximum Gasteiger partial charge on any atom is 0.414 e. The first-order valence-electron chi connectivity index (χ1n) is 11.4. The van der Waals surface area contributed by atoms with E-state index in [4.69, 9.17) is 15.2 Å². The van der Waals surface area contributed by atoms with E-state index in [0.29, 0.717) is 37.7 Å². The van der Waals surface area contributed by atoms with E-state index in [1.165, 1.54) is 6.33 Å². The third-order valence-electron chi connectivity index (χ3n) is 6.40. The summed E-state index contributed by atoms with van der Waals surface area (Å²) in [6.45, 7) is 2.46. The van der Waals surface area contributed by atoms with Crippen LogP contribution in [0.4, 0.5) is 16.3 Å². The van der Waals surface area contributed by atoms with Gasteiger partial charge in [0.25, 0.3) is 0 Å². The monoisotopic (exact) mass is 460 g/mol. The number of benzene rings is 1. The molecule has 0 spiro atoms. The third-order valence-corrected chi connectivity index (χ3v) is 6.40. The van der Waals surface area contributed by atoms with Crippen molar-refractivity contribution >= 4 is 23.1 Å². The molecule has 1 aromatic carbocycles. The second-order valence-corrected chi connectivity index (χ2v) is 8.43. The summed E-state index contributed by atoms with van der Waals surface area (Å²) in [6.07, 6.45) is 5.39. The topological polar surface area (TPSA) is 126 Å². The first-order chi connectivity index (χ1) is 16.7. The predicted octanol–water partition coefficient (Wildman–Crippen LogP) is 2.94. The molecule has 0 unspecified atom stereocenters. The zero-order valence-corrected chi connectivity index (χ0v) is 18.5. The number of carbonyl (C=O) groups is 1. The number of rotatable bonds is 4. The molecular weight excluding hydrogens is 436 g/mol. The lowest BCUT2D eigenvalue weighted by molar-refractivity contribution is 0.0662. The van der Waals surface area contributed by atoms with Crippen molar-refractivity contribution in [2.45, 2.75) is 25.3 Å². The van der Waals surface area contributed by atoms with Crippen molar-refractivity contribution in [3.63, 3.8) is 0 Å². The molecule has 2 N–H and O–H groups in total. The zero-order chi connectivity index (χ0) is 23.1. The normalized spacial score (nSPS) is 17.3. The Bertz CT molecular complexity index is 1360. The SMILES string of the molecule is Nc1ncnn2c(-c3cccc(N4CCCOC4=O)c3)cc(-c3cnnn3C3CCOCC3)c12. The van der Waals surface area contributed by atoms with E-state index in [-0.39, 0.29) is 12.1 Å². The number of cyclic esters (lactones) is 1. The summed E-state index contributed by atoms with van der Waals surface area (Å²) in [5, 5.41) is 13.1. The Hall–Kier alpha value is -3.99. The first-order valence-corrected chi connectivity index (χ1v) is 11.4. The molecule has 2 saturated heterocycles. The highest BCUT2D eigenvalue weighted by Gasteiger charge is 2.25. The molecule has 1 amide bonds. The van der Waals surface area contributed by atoms with Crippen LogP contribution >= 0.6 is 0 Å². The lowest BCUT2D eigenvalue weighted by atomic mass is 10.1. The number of ether oxygens (including phenoxy) is 2. The molecule has 174 valence electrons. The molecule has 34 heavy (non-hydrogen) atoms. The number of nitrogens with two attached hydrogens (primary N) is 1. The van der Waals surface area contributed by atoms with Crippen molar-refractivity contribution in [3.8, 4) is 22.5 Å². The first kappa shape index (κ1) is 20.6. The van der Waals surface area contributed by atoms with Gasteiger partial charge in [0.2, 0.25) is 0 Å². The van der Waals surface area contributed by atoms with Crippen LogP contribution in [-0.4, -0.2) is 62.1 Å². The van der Waals surface area contributed by atoms with E-state index in [9.17, 15) is 4.79 Å². The van der Waals surface area contributed by atoms with E-state index >= 15 is 0 Å². The molecular formula is C23H24N8O3. The largest absolute Gasteiger partial charge is 0.449 e. The Labute approximate surface area is 195 Å². The van der Waals surface area contributed by atoms with Crippen LogP contribution in [0.5, 0.6) is 0 Å². The standard InChI is InChI=1S/C23H24N8O3/c24-22-21-18(20-13-26-28-30(20)16-5-9-33-10-6-16)12-19(31(21)27-14-25-22)15-3-1-4-17(11-15)29-7-2-8-34-23(29)32/h1,3-4,11-14,16H,2,5-10H2,(H2,24,25,27). The van der Waals surface area contributed by atoms with Crippen LogP contribution in [-0.2, 0) is 9.47 Å². The highest BCUT2D eigenvalue weighted by molar-refractivity contribution is 5.92. The van der Waals surface area contributed by atoms with Gasteiger partial charge in [0, 0.05) is 36.6 Å². The van der Waals surface area contributed by atoms with Gasteiger partial charge in [0.05, 0.1) is 30.2 Å². The molecule has 0 radical (unpaired) electrons. The van der Waals surface area contributed by atoms with Crippen LogP contribution in [0.1, 0.15) is 25.3 Å². The molecule has 2 fully saturated rings. The van der Waals surface area contributed by atoms with Crippen LogP contribution in [0, 0.1) is 0 Å². The quantitative estimate of drug-likeness (QED) is 0.493. The van der Waals surface area contributed by atoms with Crippen molar-refractivity contribution in [2.24, 2.45) is 0 Å². The number of carbonyl (C=O) groups excluding carboxylic acids is 1. The fourth-order valence-corrected chi connectivity index (χ4v) is 4.72. The molecule has 2 aliphatic heterocycles. The highest BCUT2D eigenvalue weighted by atomic mass is 16.6. The summed E-state index contributed by atoms with van der Waals surface area (Å²) in [6, 6.07) is 10.00. The minimum absolute atomic E-state index is 0.198. The number of aromatic nitrogens is 6. The van der Waals surface area contributed by atoms with Gasteiger partial charge >= 0.3 is 6.09 Å². The van der Waals surface area contributed by atoms with Crippen LogP contribution in [0.25, 0.3) is 28.0 Å². The molecule has 5 heterocycles. The molecule has 4 aromatic rings. The average Bonchev–Trinajstić information content (AvgIpc) is 3.51. The van der Waals surface area contributed by atoms with Gasteiger partial charge in [-0.2, -0.15) is 5.10 Å². The maximum atomic E-state index is 12.3. The highest BCUT2D eigenvalue weighted by Crippen LogP contribution is 2.37. The Balaban J connectivity index is 1.48. The van der Waals surface area contributed by atoms with Crippen molar-refractivity contribution in [1.29, 1.82) is 0 Å². The number of amides is 1. The van der Waals surface area contributed by atoms with Crippen LogP contribution in [0.15, 0.2) is 42.9 Å². The molecule has 2 aliphatic rings. The van der Waals surface area contributed by atoms with Crippen molar-refractivity contribution < 1.29 is 14.3 Å². The van der Waals surface area contributed by atoms with E-state index in [1.807, 2.05) is 35.0 Å². The van der Waals surface area contributed by atoms with Gasteiger partial charge in [-0.15, -0.1) is 5.10 Å².